The van der Waals surface area contributed by atoms with Gasteiger partial charge < -0.3 is 18.6 Å². The number of hydrogen-bond acceptors (Lipinski definition) is 6. The summed E-state index contributed by atoms with van der Waals surface area (Å²) in [5, 5.41) is 0. The molecule has 0 unspecified atom stereocenters. The number of aromatic nitrogens is 6. The molecule has 0 radical (unpaired) electrons. The molecule has 6 aromatic heterocycles. The van der Waals surface area contributed by atoms with Gasteiger partial charge in [0.2, 0.25) is 0 Å². The minimum absolute atomic E-state index is 0.280. The summed E-state index contributed by atoms with van der Waals surface area (Å²) >= 11 is 0. The molecule has 0 amide bonds. The van der Waals surface area contributed by atoms with Crippen molar-refractivity contribution in [1.82, 2.24) is 29.1 Å². The van der Waals surface area contributed by atoms with Gasteiger partial charge in [0.15, 0.2) is 0 Å². The number of fused-ring (bicyclic) bond motifs is 16. The first-order valence-electron chi connectivity index (χ1n) is 28.0. The van der Waals surface area contributed by atoms with Gasteiger partial charge in [0.1, 0.15) is 45.1 Å². The van der Waals surface area contributed by atoms with E-state index in [1.165, 1.54) is 33.4 Å². The van der Waals surface area contributed by atoms with Crippen LogP contribution in [0.1, 0.15) is 47.2 Å². The normalized spacial score (nSPS) is 13.1. The molecular weight excluding hydrogens is 978 g/mol. The van der Waals surface area contributed by atoms with Crippen molar-refractivity contribution in [2.45, 2.75) is 54.4 Å². The molecule has 0 atom stereocenters. The van der Waals surface area contributed by atoms with Gasteiger partial charge in [-0.2, -0.15) is 0 Å². The zero-order chi connectivity index (χ0) is 53.4. The smallest absolute Gasteiger partial charge is 0.256 e. The molecule has 0 bridgehead atoms. The third kappa shape index (κ3) is 6.30. The van der Waals surface area contributed by atoms with Gasteiger partial charge in [-0.25, -0.2) is 19.9 Å². The monoisotopic (exact) mass is 1030 g/mol. The zero-order valence-corrected chi connectivity index (χ0v) is 45.2. The lowest BCUT2D eigenvalue weighted by atomic mass is 9.31. The van der Waals surface area contributed by atoms with Crippen LogP contribution in [0, 0.1) is 27.7 Å². The number of aryl methyl sites for hydroxylation is 6. The van der Waals surface area contributed by atoms with Gasteiger partial charge >= 0.3 is 0 Å². The number of rotatable bonds is 6. The molecule has 8 nitrogen and oxygen atoms in total. The molecule has 4 aliphatic rings. The second-order valence-corrected chi connectivity index (χ2v) is 22.6. The Morgan fingerprint density at radius 1 is 0.362 bits per heavy atom. The quantitative estimate of drug-likeness (QED) is 0.154. The fourth-order valence-electron chi connectivity index (χ4n) is 13.5. The minimum Gasteiger partial charge on any atom is -0.456 e. The summed E-state index contributed by atoms with van der Waals surface area (Å²) in [6, 6.07) is 61.9. The summed E-state index contributed by atoms with van der Waals surface area (Å²) in [6.07, 6.45) is 1.75. The van der Waals surface area contributed by atoms with Gasteiger partial charge in [-0.1, -0.05) is 157 Å². The number of ether oxygens (including phenoxy) is 2. The highest BCUT2D eigenvalue weighted by Gasteiger charge is 2.51. The first-order valence-corrected chi connectivity index (χ1v) is 28.0. The summed E-state index contributed by atoms with van der Waals surface area (Å²) < 4.78 is 20.4. The highest BCUT2D eigenvalue weighted by molar-refractivity contribution is 7.02. The van der Waals surface area contributed by atoms with Crippen molar-refractivity contribution in [2.24, 2.45) is 0 Å². The SMILES string of the molecule is CCc1ccc2c(c1)B1c3c(c4c5c(c3-n3c6ccc(-c7ccc(C)cc7)nc6c6nc(-c7ccc(C)cc7)cc1c63)Oc1ccc(CC)cc1B5c1cc(-c3ccc(C)cc3)nc3c5nc(-c6ccc(C)cc6)ccc5n-4c13)O2. The summed E-state index contributed by atoms with van der Waals surface area (Å²) in [5.74, 6) is 3.28. The van der Waals surface area contributed by atoms with Crippen LogP contribution in [0.3, 0.4) is 0 Å². The van der Waals surface area contributed by atoms with Crippen LogP contribution in [-0.2, 0) is 12.8 Å². The second kappa shape index (κ2) is 16.5. The van der Waals surface area contributed by atoms with E-state index in [0.29, 0.717) is 0 Å². The third-order valence-corrected chi connectivity index (χ3v) is 17.6. The van der Waals surface area contributed by atoms with E-state index >= 15 is 0 Å². The summed E-state index contributed by atoms with van der Waals surface area (Å²) in [4.78, 5) is 22.7. The fourth-order valence-corrected chi connectivity index (χ4v) is 13.5. The molecule has 4 aliphatic heterocycles. The molecule has 17 rings (SSSR count). The Kier molecular flexibility index (Phi) is 9.38. The van der Waals surface area contributed by atoms with Gasteiger partial charge in [-0.05, 0) is 122 Å². The molecular formula is C70H50B2N6O2. The lowest BCUT2D eigenvalue weighted by Gasteiger charge is -2.41. The molecule has 0 saturated heterocycles. The van der Waals surface area contributed by atoms with Gasteiger partial charge in [-0.3, -0.25) is 0 Å². The van der Waals surface area contributed by atoms with Crippen molar-refractivity contribution < 1.29 is 9.47 Å². The second-order valence-electron chi connectivity index (χ2n) is 22.6. The van der Waals surface area contributed by atoms with Gasteiger partial charge in [0, 0.05) is 33.2 Å². The Hall–Kier alpha value is -9.53. The maximum atomic E-state index is 7.75. The van der Waals surface area contributed by atoms with Gasteiger partial charge in [0.25, 0.3) is 13.4 Å². The van der Waals surface area contributed by atoms with Crippen LogP contribution >= 0.6 is 0 Å². The first-order chi connectivity index (χ1) is 39.2. The first kappa shape index (κ1) is 45.5. The lowest BCUT2D eigenvalue weighted by Crippen LogP contribution is -2.63. The molecule has 13 aromatic rings. The Bertz CT molecular complexity index is 4580. The van der Waals surface area contributed by atoms with Crippen molar-refractivity contribution in [3.05, 3.63) is 203 Å². The zero-order valence-electron chi connectivity index (χ0n) is 45.2. The van der Waals surface area contributed by atoms with E-state index in [1.807, 2.05) is 0 Å². The number of hydrogen-bond donors (Lipinski definition) is 0. The van der Waals surface area contributed by atoms with Crippen molar-refractivity contribution in [3.8, 4) is 79.4 Å². The maximum absolute atomic E-state index is 7.75. The standard InChI is InChI=1S/C70H50B2N6O2/c1-7-41-17-31-57-47(33-41)71-49-35-53(45-23-13-39(5)14-24-45)75-63-61-55(29-27-51(73-61)43-19-9-37(3)10-20-43)77(65(49)63)67-59(71)69(79-57)68-60-70(67)80-58-32-18-42(8-2)34-48(58)72(60)50-36-54(46-25-15-40(6)16-26-46)76-64-62-56(78(68)66(50)64)30-28-52(74-62)44-21-11-38(4)12-22-44/h9-36H,7-8H2,1-6H3. The topological polar surface area (TPSA) is 79.9 Å². The highest BCUT2D eigenvalue weighted by atomic mass is 16.5. The fraction of sp³-hybridized carbons (Fsp3) is 0.114. The summed E-state index contributed by atoms with van der Waals surface area (Å²) in [5.41, 5.74) is 30.9. The van der Waals surface area contributed by atoms with Crippen molar-refractivity contribution >= 4 is 90.3 Å². The van der Waals surface area contributed by atoms with Crippen LogP contribution in [0.4, 0.5) is 0 Å². The van der Waals surface area contributed by atoms with Crippen LogP contribution in [0.25, 0.3) is 101 Å². The number of pyridine rings is 4. The molecule has 7 aromatic carbocycles. The van der Waals surface area contributed by atoms with Gasteiger partial charge in [0.05, 0.1) is 56.2 Å². The van der Waals surface area contributed by atoms with Crippen LogP contribution in [0.15, 0.2) is 170 Å². The molecule has 0 N–H and O–H groups in total. The lowest BCUT2D eigenvalue weighted by molar-refractivity contribution is 0.472. The van der Waals surface area contributed by atoms with E-state index in [-0.39, 0.29) is 13.4 Å². The molecule has 80 heavy (non-hydrogen) atoms. The molecule has 0 spiro atoms. The van der Waals surface area contributed by atoms with E-state index in [2.05, 4.69) is 221 Å². The van der Waals surface area contributed by atoms with Crippen LogP contribution in [-0.4, -0.2) is 42.5 Å². The van der Waals surface area contributed by atoms with Crippen molar-refractivity contribution in [2.75, 3.05) is 0 Å². The van der Waals surface area contributed by atoms with E-state index in [1.54, 1.807) is 0 Å². The molecule has 0 aliphatic carbocycles. The van der Waals surface area contributed by atoms with E-state index in [0.717, 1.165) is 169 Å². The Labute approximate surface area is 463 Å². The van der Waals surface area contributed by atoms with E-state index < -0.39 is 0 Å². The minimum atomic E-state index is -0.280. The van der Waals surface area contributed by atoms with Crippen LogP contribution < -0.4 is 42.3 Å². The van der Waals surface area contributed by atoms with Crippen LogP contribution in [0.2, 0.25) is 0 Å². The predicted molar refractivity (Wildman–Crippen MR) is 328 cm³/mol. The van der Waals surface area contributed by atoms with Crippen molar-refractivity contribution in [1.29, 1.82) is 0 Å². The predicted octanol–water partition coefficient (Wildman–Crippen LogP) is 12.4. The molecule has 10 heterocycles. The number of nitrogens with zero attached hydrogens (tertiary/aromatic N) is 6. The van der Waals surface area contributed by atoms with Crippen LogP contribution in [0.5, 0.6) is 23.0 Å². The summed E-state index contributed by atoms with van der Waals surface area (Å²) in [6.45, 7) is 12.4. The Morgan fingerprint density at radius 3 is 1.07 bits per heavy atom. The molecule has 0 fully saturated rings. The van der Waals surface area contributed by atoms with E-state index in [4.69, 9.17) is 29.4 Å². The third-order valence-electron chi connectivity index (χ3n) is 17.6. The van der Waals surface area contributed by atoms with Crippen molar-refractivity contribution in [3.63, 3.8) is 0 Å². The largest absolute Gasteiger partial charge is 0.456 e. The van der Waals surface area contributed by atoms with E-state index in [9.17, 15) is 0 Å². The maximum Gasteiger partial charge on any atom is 0.256 e. The average molecular weight is 1030 g/mol. The molecule has 378 valence electrons. The Balaban J connectivity index is 1.06. The molecule has 10 heteroatoms. The average Bonchev–Trinajstić information content (AvgIpc) is 1.99. The van der Waals surface area contributed by atoms with Gasteiger partial charge in [-0.15, -0.1) is 0 Å². The summed E-state index contributed by atoms with van der Waals surface area (Å²) in [7, 11) is 0. The molecule has 0 saturated carbocycles. The highest BCUT2D eigenvalue weighted by Crippen LogP contribution is 2.49. The Morgan fingerprint density at radius 2 is 0.713 bits per heavy atom. The number of benzene rings is 7.